The molecule has 46 heavy (non-hydrogen) atoms. The second kappa shape index (κ2) is 22.1. The van der Waals surface area contributed by atoms with Crippen molar-refractivity contribution >= 4 is 94.5 Å². The van der Waals surface area contributed by atoms with Gasteiger partial charge in [0.25, 0.3) is 17.5 Å². The quantitative estimate of drug-likeness (QED) is 0.0638. The molecule has 16 heteroatoms. The van der Waals surface area contributed by atoms with Gasteiger partial charge in [-0.3, -0.25) is 19.7 Å². The number of hydrogen-bond donors (Lipinski definition) is 4. The van der Waals surface area contributed by atoms with Crippen LogP contribution >= 0.6 is 41.0 Å². The predicted molar refractivity (Wildman–Crippen MR) is 186 cm³/mol. The summed E-state index contributed by atoms with van der Waals surface area (Å²) in [5.41, 5.74) is 7.51. The average molecular weight is 819 g/mol. The standard InChI is InChI=1S/C14H11ClN2O4.C14H13ClN2O2.C2H6O.2ClH.Sn/c1-21-11-5-2-9(3-6-11)16-14(18)12-8-10(17(19)20)4-7-13(12)15;1-19-11-5-3-10(4-6-11)17-14(18)12-8-9(16)2-7-13(12)15;1-2-3;;;/h2-8H,1H3,(H,16,18);2-8H,16H2,1H3,(H,17,18);3H,2H2,1H3;2*1H;/q;;;;;+2/p-2. The van der Waals surface area contributed by atoms with Gasteiger partial charge in [0.2, 0.25) is 0 Å². The number of nitro benzene ring substituents is 1. The van der Waals surface area contributed by atoms with Crippen LogP contribution in [0.5, 0.6) is 11.5 Å². The number of hydrogen-bond acceptors (Lipinski definition) is 8. The molecule has 0 aliphatic rings. The molecule has 4 aromatic carbocycles. The first-order valence-electron chi connectivity index (χ1n) is 12.9. The maximum absolute atomic E-state index is 12.1. The van der Waals surface area contributed by atoms with Crippen LogP contribution in [0.1, 0.15) is 27.6 Å². The van der Waals surface area contributed by atoms with E-state index in [0.29, 0.717) is 33.4 Å². The number of nitro groups is 1. The van der Waals surface area contributed by atoms with Gasteiger partial charge in [-0.25, -0.2) is 0 Å². The molecule has 5 N–H and O–H groups in total. The number of ether oxygens (including phenoxy) is 2. The van der Waals surface area contributed by atoms with Crippen LogP contribution in [-0.2, 0) is 0 Å². The molecule has 11 nitrogen and oxygen atoms in total. The van der Waals surface area contributed by atoms with Crippen LogP contribution in [0.4, 0.5) is 22.7 Å². The third-order valence-electron chi connectivity index (χ3n) is 5.34. The molecule has 0 saturated carbocycles. The molecule has 0 fully saturated rings. The van der Waals surface area contributed by atoms with Gasteiger partial charge < -0.3 is 30.9 Å². The molecule has 0 aliphatic carbocycles. The predicted octanol–water partition coefficient (Wildman–Crippen LogP) is 7.69. The van der Waals surface area contributed by atoms with Gasteiger partial charge in [-0.2, -0.15) is 0 Å². The van der Waals surface area contributed by atoms with Gasteiger partial charge >= 0.3 is 36.7 Å². The zero-order chi connectivity index (χ0) is 34.6. The van der Waals surface area contributed by atoms with E-state index in [0.717, 1.165) is 11.8 Å². The Morgan fingerprint density at radius 2 is 1.17 bits per heavy atom. The topological polar surface area (TPSA) is 166 Å². The number of carbonyl (C=O) groups is 2. The molecule has 0 spiro atoms. The molecule has 0 saturated heterocycles. The SMILES string of the molecule is CCO.COc1ccc(NC(=O)c2cc(N)ccc2Cl)cc1.COc1ccc(NC(=O)c2cc([N+](=O)[O-])ccc2Cl)cc1.[Cl][Sn][Cl]. The molecule has 0 aliphatic heterocycles. The minimum atomic E-state index is -0.826. The van der Waals surface area contributed by atoms with Crippen LogP contribution in [-0.4, -0.2) is 61.6 Å². The normalized spacial score (nSPS) is 9.48. The van der Waals surface area contributed by atoms with Crippen LogP contribution in [0.2, 0.25) is 10.0 Å². The number of anilines is 3. The number of amides is 2. The van der Waals surface area contributed by atoms with E-state index >= 15 is 0 Å². The monoisotopic (exact) mass is 818 g/mol. The van der Waals surface area contributed by atoms with Crippen LogP contribution in [0.15, 0.2) is 84.9 Å². The fraction of sp³-hybridized carbons (Fsp3) is 0.133. The van der Waals surface area contributed by atoms with E-state index in [1.165, 1.54) is 19.2 Å². The fourth-order valence-corrected chi connectivity index (χ4v) is 3.67. The summed E-state index contributed by atoms with van der Waals surface area (Å²) < 4.78 is 10.1. The van der Waals surface area contributed by atoms with Crippen molar-refractivity contribution in [2.45, 2.75) is 6.92 Å². The Bertz CT molecular complexity index is 1560. The van der Waals surface area contributed by atoms with E-state index in [1.54, 1.807) is 80.8 Å². The summed E-state index contributed by atoms with van der Waals surface area (Å²) in [5.74, 6) is 0.553. The maximum atomic E-state index is 12.1. The molecule has 2 amide bonds. The van der Waals surface area contributed by atoms with Crippen molar-refractivity contribution in [1.29, 1.82) is 0 Å². The number of rotatable bonds is 7. The summed E-state index contributed by atoms with van der Waals surface area (Å²) in [6.07, 6.45) is 0. The second-order valence-corrected chi connectivity index (χ2v) is 13.5. The summed E-state index contributed by atoms with van der Waals surface area (Å²) >= 11 is 11.0. The first-order valence-corrected chi connectivity index (χ1v) is 20.9. The Morgan fingerprint density at radius 1 is 0.804 bits per heavy atom. The number of nitrogens with one attached hydrogen (secondary N) is 2. The second-order valence-electron chi connectivity index (χ2n) is 8.41. The molecule has 0 bridgehead atoms. The first-order chi connectivity index (χ1) is 21.9. The number of benzene rings is 4. The summed E-state index contributed by atoms with van der Waals surface area (Å²) in [5, 5.41) is 24.2. The van der Waals surface area contributed by atoms with Crippen molar-refractivity contribution in [3.05, 3.63) is 116 Å². The van der Waals surface area contributed by atoms with Crippen molar-refractivity contribution in [3.8, 4) is 11.5 Å². The zero-order valence-electron chi connectivity index (χ0n) is 24.7. The zero-order valence-corrected chi connectivity index (χ0v) is 30.6. The molecule has 0 heterocycles. The number of non-ortho nitro benzene ring substituents is 1. The number of nitrogens with zero attached hydrogens (tertiary/aromatic N) is 1. The summed E-state index contributed by atoms with van der Waals surface area (Å²) in [4.78, 5) is 34.3. The van der Waals surface area contributed by atoms with Crippen LogP contribution in [0.25, 0.3) is 0 Å². The van der Waals surface area contributed by atoms with Gasteiger partial charge in [-0.15, -0.1) is 0 Å². The van der Waals surface area contributed by atoms with E-state index < -0.39 is 29.7 Å². The van der Waals surface area contributed by atoms with E-state index in [-0.39, 0.29) is 28.8 Å². The Hall–Kier alpha value is -3.46. The van der Waals surface area contributed by atoms with Crippen molar-refractivity contribution in [1.82, 2.24) is 0 Å². The van der Waals surface area contributed by atoms with Crippen LogP contribution in [0.3, 0.4) is 0 Å². The van der Waals surface area contributed by atoms with Gasteiger partial charge in [0.15, 0.2) is 0 Å². The fourth-order valence-electron chi connectivity index (χ4n) is 3.26. The Kier molecular flexibility index (Phi) is 19.5. The van der Waals surface area contributed by atoms with E-state index in [9.17, 15) is 19.7 Å². The van der Waals surface area contributed by atoms with Gasteiger partial charge in [0, 0.05) is 35.8 Å². The third-order valence-corrected chi connectivity index (χ3v) is 6.00. The molecule has 2 radical (unpaired) electrons. The van der Waals surface area contributed by atoms with Crippen molar-refractivity contribution < 1.29 is 29.1 Å². The van der Waals surface area contributed by atoms with E-state index in [1.807, 2.05) is 0 Å². The number of methoxy groups -OCH3 is 2. The number of nitrogen functional groups attached to an aromatic ring is 1. The van der Waals surface area contributed by atoms with Gasteiger partial charge in [0.1, 0.15) is 11.5 Å². The number of halogens is 4. The molecular formula is C30H30Cl4N4O7Sn. The van der Waals surface area contributed by atoms with Crippen molar-refractivity contribution in [2.75, 3.05) is 37.2 Å². The average Bonchev–Trinajstić information content (AvgIpc) is 3.04. The summed E-state index contributed by atoms with van der Waals surface area (Å²) in [6, 6.07) is 22.2. The Labute approximate surface area is 293 Å². The first kappa shape index (κ1) is 40.6. The number of aliphatic hydroxyl groups excluding tert-OH is 1. The molecule has 4 rings (SSSR count). The van der Waals surface area contributed by atoms with Crippen LogP contribution < -0.4 is 25.8 Å². The van der Waals surface area contributed by atoms with Crippen molar-refractivity contribution in [3.63, 3.8) is 0 Å². The minimum absolute atomic E-state index is 0.0432. The van der Waals surface area contributed by atoms with Gasteiger partial charge in [-0.1, -0.05) is 23.2 Å². The molecule has 0 unspecified atom stereocenters. The number of carbonyl (C=O) groups excluding carboxylic acids is 2. The van der Waals surface area contributed by atoms with Gasteiger partial charge in [0.05, 0.1) is 40.3 Å². The molecule has 0 atom stereocenters. The van der Waals surface area contributed by atoms with E-state index in [2.05, 4.69) is 10.6 Å². The number of aliphatic hydroxyl groups is 1. The van der Waals surface area contributed by atoms with E-state index in [4.69, 9.17) is 61.4 Å². The summed E-state index contributed by atoms with van der Waals surface area (Å²) in [6.45, 7) is 1.93. The third kappa shape index (κ3) is 14.3. The number of nitrogens with two attached hydrogens (primary N) is 1. The summed E-state index contributed by atoms with van der Waals surface area (Å²) in [7, 11) is 13.0. The van der Waals surface area contributed by atoms with Crippen molar-refractivity contribution in [2.24, 2.45) is 0 Å². The van der Waals surface area contributed by atoms with Gasteiger partial charge in [-0.05, 0) is 79.7 Å². The molecular weight excluding hydrogens is 789 g/mol. The molecule has 0 aromatic heterocycles. The molecule has 244 valence electrons. The molecule has 4 aromatic rings. The van der Waals surface area contributed by atoms with Crippen LogP contribution in [0, 0.1) is 10.1 Å². The Balaban J connectivity index is 0.000000394. The Morgan fingerprint density at radius 3 is 1.54 bits per heavy atom.